The van der Waals surface area contributed by atoms with Crippen molar-refractivity contribution in [2.45, 2.75) is 62.9 Å². The van der Waals surface area contributed by atoms with E-state index in [-0.39, 0.29) is 17.4 Å². The van der Waals surface area contributed by atoms with E-state index in [1.165, 1.54) is 0 Å². The van der Waals surface area contributed by atoms with Crippen LogP contribution in [0.15, 0.2) is 0 Å². The summed E-state index contributed by atoms with van der Waals surface area (Å²) < 4.78 is 18.8. The van der Waals surface area contributed by atoms with E-state index < -0.39 is 5.79 Å². The molecule has 1 saturated carbocycles. The number of rotatable bonds is 2. The molecule has 28 heavy (non-hydrogen) atoms. The monoisotopic (exact) mass is 406 g/mol. The highest BCUT2D eigenvalue weighted by Crippen LogP contribution is 2.59. The summed E-state index contributed by atoms with van der Waals surface area (Å²) in [6.45, 7) is 5.13. The highest BCUT2D eigenvalue weighted by molar-refractivity contribution is 6.34. The summed E-state index contributed by atoms with van der Waals surface area (Å²) >= 11 is 6.83. The third-order valence-corrected chi connectivity index (χ3v) is 7.33. The number of hydrogen-bond donors (Lipinski definition) is 1. The van der Waals surface area contributed by atoms with Crippen molar-refractivity contribution in [3.8, 4) is 11.5 Å². The first-order valence-electron chi connectivity index (χ1n) is 10.1. The lowest BCUT2D eigenvalue weighted by atomic mass is 9.84. The van der Waals surface area contributed by atoms with Crippen molar-refractivity contribution in [3.63, 3.8) is 0 Å². The van der Waals surface area contributed by atoms with Crippen LogP contribution in [0, 0.1) is 6.92 Å². The Morgan fingerprint density at radius 3 is 2.50 bits per heavy atom. The number of carbonyl (C=O) groups excluding carboxylic acids is 1. The van der Waals surface area contributed by atoms with Crippen LogP contribution in [0.1, 0.15) is 54.1 Å². The van der Waals surface area contributed by atoms with Crippen molar-refractivity contribution in [2.75, 3.05) is 27.2 Å². The lowest BCUT2D eigenvalue weighted by Crippen LogP contribution is -2.53. The molecule has 1 aromatic rings. The van der Waals surface area contributed by atoms with E-state index in [0.717, 1.165) is 36.8 Å². The summed E-state index contributed by atoms with van der Waals surface area (Å²) in [6.07, 6.45) is 3.74. The second kappa shape index (κ2) is 6.00. The number of hydrogen-bond acceptors (Lipinski definition) is 5. The molecule has 1 amide bonds. The number of ether oxygens (including phenoxy) is 3. The summed E-state index contributed by atoms with van der Waals surface area (Å²) in [5.41, 5.74) is 2.38. The van der Waals surface area contributed by atoms with Gasteiger partial charge in [-0.15, -0.1) is 0 Å². The van der Waals surface area contributed by atoms with Crippen LogP contribution in [0.4, 0.5) is 0 Å². The molecular formula is C21H27ClN2O4. The van der Waals surface area contributed by atoms with Crippen molar-refractivity contribution >= 4 is 17.5 Å². The highest BCUT2D eigenvalue weighted by atomic mass is 35.5. The molecule has 4 aliphatic rings. The van der Waals surface area contributed by atoms with Crippen LogP contribution < -0.4 is 14.8 Å². The molecule has 6 nitrogen and oxygen atoms in total. The minimum Gasteiger partial charge on any atom is -0.446 e. The first kappa shape index (κ1) is 18.5. The maximum atomic E-state index is 12.6. The Bertz CT molecular complexity index is 859. The molecule has 1 unspecified atom stereocenters. The Kier molecular flexibility index (Phi) is 3.97. The predicted octanol–water partition coefficient (Wildman–Crippen LogP) is 3.02. The quantitative estimate of drug-likeness (QED) is 0.818. The maximum absolute atomic E-state index is 12.6. The van der Waals surface area contributed by atoms with Crippen LogP contribution in [0.25, 0.3) is 0 Å². The molecule has 2 fully saturated rings. The Balaban J connectivity index is 1.50. The van der Waals surface area contributed by atoms with Gasteiger partial charge in [-0.3, -0.25) is 4.79 Å². The van der Waals surface area contributed by atoms with Crippen molar-refractivity contribution < 1.29 is 19.0 Å². The molecule has 152 valence electrons. The Labute approximate surface area is 170 Å². The van der Waals surface area contributed by atoms with Crippen LogP contribution in [-0.4, -0.2) is 56.0 Å². The summed E-state index contributed by atoms with van der Waals surface area (Å²) in [6, 6.07) is 0.402. The minimum atomic E-state index is -0.939. The van der Waals surface area contributed by atoms with E-state index in [9.17, 15) is 4.79 Å². The van der Waals surface area contributed by atoms with Crippen molar-refractivity contribution in [1.29, 1.82) is 0 Å². The zero-order valence-electron chi connectivity index (χ0n) is 16.9. The zero-order chi connectivity index (χ0) is 19.8. The number of likely N-dealkylation sites (N-methyl/N-ethyl adjacent to an activating group) is 1. The van der Waals surface area contributed by atoms with Gasteiger partial charge in [0.2, 0.25) is 0 Å². The number of carbonyl (C=O) groups is 1. The number of nitrogens with zero attached hydrogens (tertiary/aromatic N) is 1. The molecule has 5 rings (SSSR count). The number of benzene rings is 1. The molecule has 1 aromatic carbocycles. The predicted molar refractivity (Wildman–Crippen MR) is 106 cm³/mol. The van der Waals surface area contributed by atoms with Crippen molar-refractivity contribution in [3.05, 3.63) is 21.7 Å². The second-order valence-electron chi connectivity index (χ2n) is 9.05. The fraction of sp³-hybridized carbons (Fsp3) is 0.667. The van der Waals surface area contributed by atoms with Crippen LogP contribution in [0.5, 0.6) is 11.5 Å². The van der Waals surface area contributed by atoms with Crippen LogP contribution >= 0.6 is 11.6 Å². The van der Waals surface area contributed by atoms with Crippen LogP contribution in [-0.2, 0) is 10.2 Å². The van der Waals surface area contributed by atoms with Crippen LogP contribution in [0.3, 0.4) is 0 Å². The molecule has 1 spiro atoms. The molecule has 1 aliphatic carbocycles. The molecule has 1 N–H and O–H groups in total. The topological polar surface area (TPSA) is 60.0 Å². The molecule has 0 aromatic heterocycles. The fourth-order valence-corrected chi connectivity index (χ4v) is 5.33. The van der Waals surface area contributed by atoms with Gasteiger partial charge in [-0.05, 0) is 52.3 Å². The zero-order valence-corrected chi connectivity index (χ0v) is 17.6. The Morgan fingerprint density at radius 1 is 1.18 bits per heavy atom. The standard InChI is InChI=1S/C21H27ClN2O4/c1-11-14-15(21(7-8-21)10-23-19(14)25)16(22)18-17(11)27-20(2,28-18)13-6-5-12(9-26-13)24(3)4/h12-13H,5-10H2,1-4H3,(H,23,25)/t12-,13+,20?/m1/s1. The number of fused-ring (bicyclic) bond motifs is 3. The number of nitrogens with one attached hydrogen (secondary N) is 1. The average Bonchev–Trinajstić information content (AvgIpc) is 3.35. The largest absolute Gasteiger partial charge is 0.446 e. The van der Waals surface area contributed by atoms with E-state index >= 15 is 0 Å². The normalized spacial score (nSPS) is 32.4. The van der Waals surface area contributed by atoms with Gasteiger partial charge in [-0.25, -0.2) is 0 Å². The number of amides is 1. The van der Waals surface area contributed by atoms with E-state index in [0.29, 0.717) is 41.3 Å². The third-order valence-electron chi connectivity index (χ3n) is 6.97. The summed E-state index contributed by atoms with van der Waals surface area (Å²) in [7, 11) is 4.14. The second-order valence-corrected chi connectivity index (χ2v) is 9.43. The first-order chi connectivity index (χ1) is 13.3. The van der Waals surface area contributed by atoms with Crippen molar-refractivity contribution in [2.24, 2.45) is 0 Å². The van der Waals surface area contributed by atoms with Gasteiger partial charge in [0, 0.05) is 30.5 Å². The van der Waals surface area contributed by atoms with E-state index in [2.05, 4.69) is 24.3 Å². The Hall–Kier alpha value is -1.50. The average molecular weight is 407 g/mol. The van der Waals surface area contributed by atoms with Gasteiger partial charge < -0.3 is 24.4 Å². The third kappa shape index (κ3) is 2.50. The van der Waals surface area contributed by atoms with Gasteiger partial charge in [-0.1, -0.05) is 11.6 Å². The minimum absolute atomic E-state index is 0.0389. The molecule has 0 bridgehead atoms. The molecule has 3 heterocycles. The van der Waals surface area contributed by atoms with Gasteiger partial charge in [0.15, 0.2) is 11.5 Å². The molecule has 3 aliphatic heterocycles. The van der Waals surface area contributed by atoms with Gasteiger partial charge in [0.05, 0.1) is 17.2 Å². The summed E-state index contributed by atoms with van der Waals surface area (Å²) in [5, 5.41) is 3.56. The molecule has 7 heteroatoms. The first-order valence-corrected chi connectivity index (χ1v) is 10.4. The fourth-order valence-electron chi connectivity index (χ4n) is 4.91. The molecule has 3 atom stereocenters. The lowest BCUT2D eigenvalue weighted by Gasteiger charge is -2.38. The van der Waals surface area contributed by atoms with Crippen LogP contribution in [0.2, 0.25) is 5.02 Å². The van der Waals surface area contributed by atoms with Crippen molar-refractivity contribution in [1.82, 2.24) is 10.2 Å². The van der Waals surface area contributed by atoms with Gasteiger partial charge in [0.25, 0.3) is 11.7 Å². The van der Waals surface area contributed by atoms with Gasteiger partial charge in [-0.2, -0.15) is 0 Å². The molecule has 0 radical (unpaired) electrons. The summed E-state index contributed by atoms with van der Waals surface area (Å²) in [5.74, 6) is 0.136. The van der Waals surface area contributed by atoms with E-state index in [1.807, 2.05) is 13.8 Å². The highest BCUT2D eigenvalue weighted by Gasteiger charge is 2.55. The lowest BCUT2D eigenvalue weighted by molar-refractivity contribution is -0.190. The Morgan fingerprint density at radius 2 is 1.89 bits per heavy atom. The van der Waals surface area contributed by atoms with Gasteiger partial charge in [0.1, 0.15) is 6.10 Å². The van der Waals surface area contributed by atoms with Gasteiger partial charge >= 0.3 is 0 Å². The number of halogens is 1. The summed E-state index contributed by atoms with van der Waals surface area (Å²) in [4.78, 5) is 14.8. The smallest absolute Gasteiger partial charge is 0.274 e. The maximum Gasteiger partial charge on any atom is 0.274 e. The van der Waals surface area contributed by atoms with E-state index in [1.54, 1.807) is 0 Å². The SMILES string of the molecule is Cc1c2c(c(Cl)c3c1C(=O)NCC31CC1)OC(C)([C@@H]1CC[C@@H](N(C)C)CO1)O2. The van der Waals surface area contributed by atoms with E-state index in [4.69, 9.17) is 25.8 Å². The molecular weight excluding hydrogens is 380 g/mol. The molecule has 1 saturated heterocycles.